The number of hydrogen-bond acceptors (Lipinski definition) is 5. The molecule has 0 amide bonds. The second-order valence-electron chi connectivity index (χ2n) is 8.30. The fraction of sp³-hybridized carbons (Fsp3) is 0.542. The lowest BCUT2D eigenvalue weighted by Gasteiger charge is -2.24. The van der Waals surface area contributed by atoms with Gasteiger partial charge in [-0.2, -0.15) is 0 Å². The molecule has 1 atom stereocenters. The largest absolute Gasteiger partial charge is 0.494 e. The first-order chi connectivity index (χ1) is 14.7. The maximum atomic E-state index is 10.9. The highest BCUT2D eigenvalue weighted by molar-refractivity contribution is 5.79. The van der Waals surface area contributed by atoms with Gasteiger partial charge in [-0.1, -0.05) is 12.1 Å². The van der Waals surface area contributed by atoms with Crippen molar-refractivity contribution in [2.75, 3.05) is 40.3 Å². The van der Waals surface area contributed by atoms with Crippen LogP contribution in [0.25, 0.3) is 0 Å². The number of nitrogens with one attached hydrogen (secondary N) is 2. The van der Waals surface area contributed by atoms with E-state index in [9.17, 15) is 5.11 Å². The van der Waals surface area contributed by atoms with Crippen LogP contribution >= 0.6 is 0 Å². The van der Waals surface area contributed by atoms with Crippen molar-refractivity contribution in [2.24, 2.45) is 4.99 Å². The van der Waals surface area contributed by atoms with E-state index in [4.69, 9.17) is 9.15 Å². The minimum atomic E-state index is -1.07. The van der Waals surface area contributed by atoms with Crippen molar-refractivity contribution in [1.29, 1.82) is 0 Å². The van der Waals surface area contributed by atoms with E-state index < -0.39 is 5.60 Å². The molecule has 1 aromatic carbocycles. The van der Waals surface area contributed by atoms with Gasteiger partial charge in [0.15, 0.2) is 5.96 Å². The van der Waals surface area contributed by atoms with Crippen molar-refractivity contribution in [2.45, 2.75) is 46.3 Å². The SMILES string of the molecule is CCNC(=NCc1ccc(OCCCN(C)C)cc1)NCC(C)(O)c1cc(C)oc1C. The molecular weight excluding hydrogens is 392 g/mol. The van der Waals surface area contributed by atoms with Crippen molar-refractivity contribution < 1.29 is 14.3 Å². The standard InChI is InChI=1S/C24H38N4O3/c1-7-25-23(27-17-24(4,29)22-15-18(2)31-19(22)3)26-16-20-9-11-21(12-10-20)30-14-8-13-28(5)6/h9-12,15,29H,7-8,13-14,16-17H2,1-6H3,(H2,25,26,27). The summed E-state index contributed by atoms with van der Waals surface area (Å²) in [6, 6.07) is 9.90. The number of hydrogen-bond donors (Lipinski definition) is 3. The summed E-state index contributed by atoms with van der Waals surface area (Å²) in [7, 11) is 4.12. The van der Waals surface area contributed by atoms with Crippen LogP contribution < -0.4 is 15.4 Å². The summed E-state index contributed by atoms with van der Waals surface area (Å²) in [6.45, 7) is 10.8. The van der Waals surface area contributed by atoms with Gasteiger partial charge in [-0.05, 0) is 72.0 Å². The van der Waals surface area contributed by atoms with Gasteiger partial charge >= 0.3 is 0 Å². The Kier molecular flexibility index (Phi) is 9.40. The van der Waals surface area contributed by atoms with Crippen LogP contribution in [-0.2, 0) is 12.1 Å². The molecule has 0 aliphatic carbocycles. The molecule has 172 valence electrons. The predicted octanol–water partition coefficient (Wildman–Crippen LogP) is 3.19. The minimum Gasteiger partial charge on any atom is -0.494 e. The van der Waals surface area contributed by atoms with Crippen LogP contribution in [0, 0.1) is 13.8 Å². The van der Waals surface area contributed by atoms with Crippen LogP contribution in [0.1, 0.15) is 42.9 Å². The zero-order valence-electron chi connectivity index (χ0n) is 19.8. The van der Waals surface area contributed by atoms with Gasteiger partial charge in [0, 0.05) is 18.7 Å². The molecule has 7 nitrogen and oxygen atoms in total. The maximum absolute atomic E-state index is 10.9. The summed E-state index contributed by atoms with van der Waals surface area (Å²) >= 11 is 0. The quantitative estimate of drug-likeness (QED) is 0.289. The molecule has 1 unspecified atom stereocenters. The number of furan rings is 1. The topological polar surface area (TPSA) is 82.3 Å². The Morgan fingerprint density at radius 2 is 1.90 bits per heavy atom. The average molecular weight is 431 g/mol. The molecule has 31 heavy (non-hydrogen) atoms. The molecule has 0 spiro atoms. The summed E-state index contributed by atoms with van der Waals surface area (Å²) in [5, 5.41) is 17.4. The third-order valence-electron chi connectivity index (χ3n) is 4.93. The van der Waals surface area contributed by atoms with Crippen molar-refractivity contribution in [3.8, 4) is 5.75 Å². The molecule has 2 aromatic rings. The number of aryl methyl sites for hydroxylation is 2. The fourth-order valence-electron chi connectivity index (χ4n) is 3.29. The summed E-state index contributed by atoms with van der Waals surface area (Å²) in [5.41, 5.74) is 0.810. The molecule has 7 heteroatoms. The maximum Gasteiger partial charge on any atom is 0.191 e. The average Bonchev–Trinajstić information content (AvgIpc) is 3.07. The van der Waals surface area contributed by atoms with E-state index in [1.54, 1.807) is 6.92 Å². The monoisotopic (exact) mass is 430 g/mol. The Hall–Kier alpha value is -2.51. The third-order valence-corrected chi connectivity index (χ3v) is 4.93. The first-order valence-electron chi connectivity index (χ1n) is 10.9. The van der Waals surface area contributed by atoms with Crippen molar-refractivity contribution >= 4 is 5.96 Å². The Bertz CT molecular complexity index is 826. The van der Waals surface area contributed by atoms with Crippen molar-refractivity contribution in [3.05, 3.63) is 53.0 Å². The smallest absolute Gasteiger partial charge is 0.191 e. The van der Waals surface area contributed by atoms with Gasteiger partial charge in [0.25, 0.3) is 0 Å². The molecule has 1 heterocycles. The Morgan fingerprint density at radius 1 is 1.19 bits per heavy atom. The second-order valence-corrected chi connectivity index (χ2v) is 8.30. The van der Waals surface area contributed by atoms with E-state index in [-0.39, 0.29) is 0 Å². The van der Waals surface area contributed by atoms with Crippen LogP contribution in [0.15, 0.2) is 39.7 Å². The predicted molar refractivity (Wildman–Crippen MR) is 126 cm³/mol. The van der Waals surface area contributed by atoms with Gasteiger partial charge in [0.1, 0.15) is 22.9 Å². The Balaban J connectivity index is 1.91. The lowest BCUT2D eigenvalue weighted by Crippen LogP contribution is -2.44. The molecule has 1 aromatic heterocycles. The number of guanidine groups is 1. The second kappa shape index (κ2) is 11.8. The summed E-state index contributed by atoms with van der Waals surface area (Å²) in [4.78, 5) is 6.80. The van der Waals surface area contributed by atoms with Crippen molar-refractivity contribution in [1.82, 2.24) is 15.5 Å². The highest BCUT2D eigenvalue weighted by Crippen LogP contribution is 2.26. The molecule has 0 aliphatic rings. The molecule has 2 rings (SSSR count). The van der Waals surface area contributed by atoms with E-state index in [1.807, 2.05) is 51.1 Å². The van der Waals surface area contributed by atoms with Gasteiger partial charge in [-0.15, -0.1) is 0 Å². The number of rotatable bonds is 11. The van der Waals surface area contributed by atoms with E-state index >= 15 is 0 Å². The van der Waals surface area contributed by atoms with Crippen LogP contribution in [-0.4, -0.2) is 56.3 Å². The van der Waals surface area contributed by atoms with E-state index in [0.717, 1.165) is 47.9 Å². The van der Waals surface area contributed by atoms with Gasteiger partial charge < -0.3 is 29.8 Å². The zero-order valence-corrected chi connectivity index (χ0v) is 19.8. The number of nitrogens with zero attached hydrogens (tertiary/aromatic N) is 2. The van der Waals surface area contributed by atoms with Gasteiger partial charge in [-0.3, -0.25) is 0 Å². The summed E-state index contributed by atoms with van der Waals surface area (Å²) in [6.07, 6.45) is 0.998. The molecule has 0 aliphatic heterocycles. The first kappa shape index (κ1) is 24.8. The van der Waals surface area contributed by atoms with Crippen LogP contribution in [0.3, 0.4) is 0 Å². The zero-order chi connectivity index (χ0) is 22.9. The molecular formula is C24H38N4O3. The lowest BCUT2D eigenvalue weighted by molar-refractivity contribution is 0.0601. The highest BCUT2D eigenvalue weighted by atomic mass is 16.5. The van der Waals surface area contributed by atoms with Gasteiger partial charge in [0.05, 0.1) is 19.7 Å². The number of aliphatic hydroxyl groups is 1. The van der Waals surface area contributed by atoms with E-state index in [0.29, 0.717) is 25.7 Å². The van der Waals surface area contributed by atoms with E-state index in [1.165, 1.54) is 0 Å². The molecule has 0 fully saturated rings. The molecule has 0 saturated heterocycles. The molecule has 3 N–H and O–H groups in total. The van der Waals surface area contributed by atoms with Gasteiger partial charge in [0.2, 0.25) is 0 Å². The normalized spacial score (nSPS) is 13.9. The first-order valence-corrected chi connectivity index (χ1v) is 10.9. The number of aliphatic imine (C=N–C) groups is 1. The Labute approximate surface area is 186 Å². The molecule has 0 bridgehead atoms. The molecule has 0 radical (unpaired) electrons. The number of benzene rings is 1. The minimum absolute atomic E-state index is 0.318. The van der Waals surface area contributed by atoms with Crippen molar-refractivity contribution in [3.63, 3.8) is 0 Å². The van der Waals surface area contributed by atoms with E-state index in [2.05, 4.69) is 34.6 Å². The third kappa shape index (κ3) is 8.26. The van der Waals surface area contributed by atoms with Crippen LogP contribution in [0.5, 0.6) is 5.75 Å². The molecule has 0 saturated carbocycles. The number of ether oxygens (including phenoxy) is 1. The van der Waals surface area contributed by atoms with Crippen LogP contribution in [0.2, 0.25) is 0 Å². The fourth-order valence-corrected chi connectivity index (χ4v) is 3.29. The highest BCUT2D eigenvalue weighted by Gasteiger charge is 2.27. The lowest BCUT2D eigenvalue weighted by atomic mass is 9.96. The summed E-state index contributed by atoms with van der Waals surface area (Å²) in [5.74, 6) is 3.05. The Morgan fingerprint density at radius 3 is 2.48 bits per heavy atom. The summed E-state index contributed by atoms with van der Waals surface area (Å²) < 4.78 is 11.3. The van der Waals surface area contributed by atoms with Crippen LogP contribution in [0.4, 0.5) is 0 Å². The van der Waals surface area contributed by atoms with Gasteiger partial charge in [-0.25, -0.2) is 4.99 Å².